The van der Waals surface area contributed by atoms with Gasteiger partial charge in [-0.25, -0.2) is 0 Å². The van der Waals surface area contributed by atoms with Gasteiger partial charge < -0.3 is 10.9 Å². The minimum absolute atomic E-state index is 0. The fourth-order valence-electron chi connectivity index (χ4n) is 1.59. The Kier molecular flexibility index (Phi) is 6.14. The number of benzene rings is 2. The molecule has 2 nitrogen and oxygen atoms in total. The van der Waals surface area contributed by atoms with E-state index in [-0.39, 0.29) is 6.15 Å². The molecule has 3 N–H and O–H groups in total. The molecule has 0 aromatic heterocycles. The maximum absolute atomic E-state index is 5.96. The fourth-order valence-corrected chi connectivity index (χ4v) is 2.29. The van der Waals surface area contributed by atoms with Crippen molar-refractivity contribution in [3.8, 4) is 11.5 Å². The predicted octanol–water partition coefficient (Wildman–Crippen LogP) is 6.27. The van der Waals surface area contributed by atoms with Gasteiger partial charge in [-0.2, -0.15) is 0 Å². The second-order valence-corrected chi connectivity index (χ2v) is 5.51. The molecule has 0 amide bonds. The molecule has 5 heteroatoms. The highest BCUT2D eigenvalue weighted by Crippen LogP contribution is 2.32. The van der Waals surface area contributed by atoms with Gasteiger partial charge in [-0.1, -0.05) is 46.1 Å². The van der Waals surface area contributed by atoms with Gasteiger partial charge in [-0.3, -0.25) is 0 Å². The van der Waals surface area contributed by atoms with Gasteiger partial charge in [0.15, 0.2) is 0 Å². The van der Waals surface area contributed by atoms with E-state index < -0.39 is 0 Å². The van der Waals surface area contributed by atoms with Crippen LogP contribution in [0.3, 0.4) is 0 Å². The van der Waals surface area contributed by atoms with Gasteiger partial charge >= 0.3 is 0 Å². The molecule has 2 aromatic carbocycles. The van der Waals surface area contributed by atoms with Gasteiger partial charge in [0.05, 0.1) is 10.0 Å². The van der Waals surface area contributed by atoms with E-state index in [0.29, 0.717) is 15.8 Å². The van der Waals surface area contributed by atoms with E-state index in [1.165, 1.54) is 0 Å². The molecular formula is C14H14BrCl2NO. The van der Waals surface area contributed by atoms with Crippen molar-refractivity contribution < 1.29 is 4.74 Å². The zero-order valence-electron chi connectivity index (χ0n) is 10.4. The first-order valence-electron chi connectivity index (χ1n) is 5.51. The minimum Gasteiger partial charge on any atom is -0.457 e. The molecule has 0 unspecified atom stereocenters. The summed E-state index contributed by atoms with van der Waals surface area (Å²) in [6.45, 7) is 2.09. The van der Waals surface area contributed by atoms with Crippen molar-refractivity contribution in [1.29, 1.82) is 0 Å². The fraction of sp³-hybridized carbons (Fsp3) is 0.143. The minimum atomic E-state index is 0. The van der Waals surface area contributed by atoms with Crippen molar-refractivity contribution in [1.82, 2.24) is 6.15 Å². The summed E-state index contributed by atoms with van der Waals surface area (Å²) in [4.78, 5) is 0. The molecule has 0 aliphatic heterocycles. The standard InChI is InChI=1S/C14H11BrCl2O.H3N/c1-2-9-7-10(15)3-6-14(9)18-11-4-5-12(16)13(17)8-11;/h3-8H,2H2,1H3;1H3. The highest BCUT2D eigenvalue weighted by Gasteiger charge is 2.06. The van der Waals surface area contributed by atoms with Crippen LogP contribution in [0.5, 0.6) is 11.5 Å². The third kappa shape index (κ3) is 4.11. The molecule has 0 fully saturated rings. The van der Waals surface area contributed by atoms with Gasteiger partial charge in [-0.05, 0) is 42.3 Å². The largest absolute Gasteiger partial charge is 0.457 e. The lowest BCUT2D eigenvalue weighted by Crippen LogP contribution is -1.90. The van der Waals surface area contributed by atoms with Gasteiger partial charge in [0.1, 0.15) is 11.5 Å². The molecule has 0 heterocycles. The van der Waals surface area contributed by atoms with Gasteiger partial charge in [0, 0.05) is 10.5 Å². The van der Waals surface area contributed by atoms with E-state index in [2.05, 4.69) is 22.9 Å². The van der Waals surface area contributed by atoms with E-state index in [1.807, 2.05) is 18.2 Å². The zero-order chi connectivity index (χ0) is 13.1. The van der Waals surface area contributed by atoms with Crippen molar-refractivity contribution in [2.45, 2.75) is 13.3 Å². The summed E-state index contributed by atoms with van der Waals surface area (Å²) in [7, 11) is 0. The molecule has 2 aromatic rings. The Labute approximate surface area is 131 Å². The zero-order valence-corrected chi connectivity index (χ0v) is 13.5. The molecule has 0 bridgehead atoms. The summed E-state index contributed by atoms with van der Waals surface area (Å²) >= 11 is 15.3. The summed E-state index contributed by atoms with van der Waals surface area (Å²) in [5.74, 6) is 1.51. The van der Waals surface area contributed by atoms with Crippen LogP contribution < -0.4 is 10.9 Å². The number of rotatable bonds is 3. The molecule has 0 saturated carbocycles. The summed E-state index contributed by atoms with van der Waals surface area (Å²) in [6.07, 6.45) is 0.899. The Morgan fingerprint density at radius 1 is 1.05 bits per heavy atom. The van der Waals surface area contributed by atoms with Crippen LogP contribution >= 0.6 is 39.1 Å². The Morgan fingerprint density at radius 3 is 2.42 bits per heavy atom. The lowest BCUT2D eigenvalue weighted by molar-refractivity contribution is 0.477. The van der Waals surface area contributed by atoms with Crippen molar-refractivity contribution in [2.24, 2.45) is 0 Å². The monoisotopic (exact) mass is 361 g/mol. The maximum atomic E-state index is 5.96. The second-order valence-electron chi connectivity index (χ2n) is 3.78. The highest BCUT2D eigenvalue weighted by atomic mass is 79.9. The van der Waals surface area contributed by atoms with E-state index >= 15 is 0 Å². The van der Waals surface area contributed by atoms with E-state index in [4.69, 9.17) is 27.9 Å². The van der Waals surface area contributed by atoms with E-state index in [9.17, 15) is 0 Å². The smallest absolute Gasteiger partial charge is 0.130 e. The second kappa shape index (κ2) is 7.15. The van der Waals surface area contributed by atoms with Crippen molar-refractivity contribution >= 4 is 39.1 Å². The topological polar surface area (TPSA) is 44.2 Å². The van der Waals surface area contributed by atoms with Crippen LogP contribution in [0.15, 0.2) is 40.9 Å². The van der Waals surface area contributed by atoms with E-state index in [0.717, 1.165) is 22.2 Å². The number of aryl methyl sites for hydroxylation is 1. The molecule has 0 aliphatic rings. The molecule has 0 aliphatic carbocycles. The first kappa shape index (κ1) is 16.3. The Morgan fingerprint density at radius 2 is 1.79 bits per heavy atom. The van der Waals surface area contributed by atoms with Crippen LogP contribution in [-0.2, 0) is 6.42 Å². The van der Waals surface area contributed by atoms with Gasteiger partial charge in [0.2, 0.25) is 0 Å². The third-order valence-corrected chi connectivity index (χ3v) is 3.75. The maximum Gasteiger partial charge on any atom is 0.130 e. The number of hydrogen-bond donors (Lipinski definition) is 1. The molecule has 0 atom stereocenters. The Bertz CT molecular complexity index is 575. The van der Waals surface area contributed by atoms with Crippen LogP contribution in [0.4, 0.5) is 0 Å². The van der Waals surface area contributed by atoms with Crippen LogP contribution in [0.1, 0.15) is 12.5 Å². The van der Waals surface area contributed by atoms with Crippen molar-refractivity contribution in [3.05, 3.63) is 56.5 Å². The van der Waals surface area contributed by atoms with Crippen LogP contribution in [0.2, 0.25) is 10.0 Å². The number of ether oxygens (including phenoxy) is 1. The number of hydrogen-bond acceptors (Lipinski definition) is 2. The molecule has 19 heavy (non-hydrogen) atoms. The van der Waals surface area contributed by atoms with Crippen molar-refractivity contribution in [3.63, 3.8) is 0 Å². The first-order valence-corrected chi connectivity index (χ1v) is 7.06. The molecule has 0 spiro atoms. The average Bonchev–Trinajstić information content (AvgIpc) is 2.36. The van der Waals surface area contributed by atoms with Gasteiger partial charge in [0.25, 0.3) is 0 Å². The first-order chi connectivity index (χ1) is 8.60. The normalized spacial score (nSPS) is 9.89. The molecule has 2 rings (SSSR count). The lowest BCUT2D eigenvalue weighted by Gasteiger charge is -2.11. The Balaban J connectivity index is 0.00000180. The SMILES string of the molecule is CCc1cc(Br)ccc1Oc1ccc(Cl)c(Cl)c1.N. The van der Waals surface area contributed by atoms with Crippen LogP contribution in [-0.4, -0.2) is 0 Å². The Hall–Kier alpha value is -0.740. The third-order valence-electron chi connectivity index (χ3n) is 2.52. The lowest BCUT2D eigenvalue weighted by atomic mass is 10.1. The summed E-state index contributed by atoms with van der Waals surface area (Å²) in [5.41, 5.74) is 1.13. The van der Waals surface area contributed by atoms with Crippen LogP contribution in [0, 0.1) is 0 Å². The molecule has 0 radical (unpaired) electrons. The quantitative estimate of drug-likeness (QED) is 0.698. The summed E-state index contributed by atoms with van der Waals surface area (Å²) in [5, 5.41) is 1.01. The predicted molar refractivity (Wildman–Crippen MR) is 85.1 cm³/mol. The van der Waals surface area contributed by atoms with Crippen LogP contribution in [0.25, 0.3) is 0 Å². The summed E-state index contributed by atoms with van der Waals surface area (Å²) in [6, 6.07) is 11.2. The summed E-state index contributed by atoms with van der Waals surface area (Å²) < 4.78 is 6.87. The molecular weight excluding hydrogens is 349 g/mol. The highest BCUT2D eigenvalue weighted by molar-refractivity contribution is 9.10. The van der Waals surface area contributed by atoms with E-state index in [1.54, 1.807) is 18.2 Å². The number of halogens is 3. The molecule has 0 saturated heterocycles. The average molecular weight is 363 g/mol. The molecule has 102 valence electrons. The van der Waals surface area contributed by atoms with Crippen molar-refractivity contribution in [2.75, 3.05) is 0 Å². The van der Waals surface area contributed by atoms with Gasteiger partial charge in [-0.15, -0.1) is 0 Å².